The minimum Gasteiger partial charge on any atom is -0.463 e. The predicted molar refractivity (Wildman–Crippen MR) is 129 cm³/mol. The van der Waals surface area contributed by atoms with Crippen LogP contribution in [0, 0.1) is 5.82 Å². The second-order valence-corrected chi connectivity index (χ2v) is 8.78. The Balaban J connectivity index is 0.00000149. The molecule has 0 aliphatic carbocycles. The van der Waals surface area contributed by atoms with Crippen molar-refractivity contribution in [2.75, 3.05) is 26.2 Å². The van der Waals surface area contributed by atoms with Crippen molar-refractivity contribution in [2.24, 2.45) is 4.99 Å². The first kappa shape index (κ1) is 25.0. The van der Waals surface area contributed by atoms with Crippen LogP contribution in [0.15, 0.2) is 50.5 Å². The Bertz CT molecular complexity index is 1090. The van der Waals surface area contributed by atoms with Gasteiger partial charge in [-0.2, -0.15) is 0 Å². The Hall–Kier alpha value is -2.59. The molecule has 1 aromatic carbocycles. The van der Waals surface area contributed by atoms with Gasteiger partial charge in [0.05, 0.1) is 24.4 Å². The first-order valence-corrected chi connectivity index (χ1v) is 12.4. The first-order valence-electron chi connectivity index (χ1n) is 10.8. The molecule has 176 valence electrons. The zero-order chi connectivity index (χ0) is 24.1. The number of hydrogen-bond donors (Lipinski definition) is 0. The smallest absolute Gasteiger partial charge is 0.338 e. The van der Waals surface area contributed by atoms with Gasteiger partial charge in [-0.1, -0.05) is 35.8 Å². The average Bonchev–Trinajstić information content (AvgIpc) is 3.34. The fourth-order valence-electron chi connectivity index (χ4n) is 3.74. The quantitative estimate of drug-likeness (QED) is 0.535. The number of thiazole rings is 1. The Morgan fingerprint density at radius 2 is 2.06 bits per heavy atom. The number of ether oxygens (including phenoxy) is 1. The van der Waals surface area contributed by atoms with Gasteiger partial charge in [-0.25, -0.2) is 14.2 Å². The van der Waals surface area contributed by atoms with E-state index in [0.717, 1.165) is 0 Å². The van der Waals surface area contributed by atoms with E-state index in [1.54, 1.807) is 24.1 Å². The van der Waals surface area contributed by atoms with Crippen molar-refractivity contribution in [3.05, 3.63) is 61.9 Å². The molecule has 2 aromatic rings. The van der Waals surface area contributed by atoms with Gasteiger partial charge < -0.3 is 14.5 Å². The first-order chi connectivity index (χ1) is 15.9. The van der Waals surface area contributed by atoms with Crippen LogP contribution >= 0.6 is 27.3 Å². The van der Waals surface area contributed by atoms with Crippen molar-refractivity contribution in [3.8, 4) is 0 Å². The van der Waals surface area contributed by atoms with E-state index in [-0.39, 0.29) is 19.1 Å². The summed E-state index contributed by atoms with van der Waals surface area (Å²) >= 11 is 4.86. The Labute approximate surface area is 205 Å². The van der Waals surface area contributed by atoms with Crippen LogP contribution in [0.5, 0.6) is 0 Å². The molecule has 0 saturated carbocycles. The maximum Gasteiger partial charge on any atom is 0.338 e. The number of carbonyl (C=O) groups excluding carboxylic acids is 2. The Morgan fingerprint density at radius 1 is 1.30 bits per heavy atom. The maximum atomic E-state index is 13.8. The molecular weight excluding hydrogens is 511 g/mol. The van der Waals surface area contributed by atoms with Crippen LogP contribution < -0.4 is 0 Å². The highest BCUT2D eigenvalue weighted by molar-refractivity contribution is 9.10. The van der Waals surface area contributed by atoms with E-state index >= 15 is 0 Å². The molecule has 0 N–H and O–H groups in total. The molecule has 4 rings (SSSR count). The van der Waals surface area contributed by atoms with E-state index in [4.69, 9.17) is 9.73 Å². The molecule has 1 fully saturated rings. The second-order valence-electron chi connectivity index (χ2n) is 7.03. The third-order valence-electron chi connectivity index (χ3n) is 5.17. The summed E-state index contributed by atoms with van der Waals surface area (Å²) in [6.07, 6.45) is 1.70. The maximum absolute atomic E-state index is 13.8. The van der Waals surface area contributed by atoms with E-state index in [1.807, 2.05) is 24.1 Å². The topological polar surface area (TPSA) is 75.1 Å². The molecule has 10 heteroatoms. The zero-order valence-electron chi connectivity index (χ0n) is 19.0. The van der Waals surface area contributed by atoms with Crippen LogP contribution in [0.2, 0.25) is 0 Å². The summed E-state index contributed by atoms with van der Waals surface area (Å²) in [7, 11) is 0. The van der Waals surface area contributed by atoms with Crippen molar-refractivity contribution < 1.29 is 18.7 Å². The normalized spacial score (nSPS) is 17.6. The number of amides is 1. The Morgan fingerprint density at radius 3 is 2.67 bits per heavy atom. The summed E-state index contributed by atoms with van der Waals surface area (Å²) in [4.78, 5) is 38.2. The van der Waals surface area contributed by atoms with Gasteiger partial charge in [-0.05, 0) is 24.6 Å². The summed E-state index contributed by atoms with van der Waals surface area (Å²) < 4.78 is 19.6. The molecule has 33 heavy (non-hydrogen) atoms. The van der Waals surface area contributed by atoms with Crippen molar-refractivity contribution in [1.82, 2.24) is 14.8 Å². The van der Waals surface area contributed by atoms with Gasteiger partial charge in [-0.3, -0.25) is 9.79 Å². The summed E-state index contributed by atoms with van der Waals surface area (Å²) in [6.45, 7) is 8.68. The molecule has 1 amide bonds. The molecule has 0 spiro atoms. The average molecular weight is 537 g/mol. The van der Waals surface area contributed by atoms with Crippen molar-refractivity contribution in [3.63, 3.8) is 0 Å². The number of piperazine rings is 1. The van der Waals surface area contributed by atoms with E-state index in [0.29, 0.717) is 45.2 Å². The number of carbonyl (C=O) groups is 2. The lowest BCUT2D eigenvalue weighted by Crippen LogP contribution is -2.51. The number of aromatic nitrogens is 1. The van der Waals surface area contributed by atoms with Crippen LogP contribution in [0.3, 0.4) is 0 Å². The van der Waals surface area contributed by atoms with Gasteiger partial charge in [-0.15, -0.1) is 11.3 Å². The van der Waals surface area contributed by atoms with Crippen LogP contribution in [-0.4, -0.2) is 58.7 Å². The van der Waals surface area contributed by atoms with Gasteiger partial charge in [0, 0.05) is 36.1 Å². The molecule has 2 aliphatic rings. The number of aliphatic imine (C=N–C) groups is 1. The lowest BCUT2D eigenvalue weighted by atomic mass is 9.93. The van der Waals surface area contributed by atoms with E-state index in [9.17, 15) is 14.0 Å². The molecule has 1 unspecified atom stereocenters. The number of hydrogen-bond acceptors (Lipinski definition) is 7. The van der Waals surface area contributed by atoms with E-state index < -0.39 is 17.8 Å². The Kier molecular flexibility index (Phi) is 8.36. The van der Waals surface area contributed by atoms with Crippen LogP contribution in [0.4, 0.5) is 4.39 Å². The molecule has 1 aromatic heterocycles. The van der Waals surface area contributed by atoms with Gasteiger partial charge >= 0.3 is 5.97 Å². The SMILES string of the molecule is CC.CCOC(=O)C1=C2CN(C(C)=O)CCN2C(c2nccs2)=NC1c1ccc(F)cc1Br. The molecule has 1 atom stereocenters. The van der Waals surface area contributed by atoms with Crippen LogP contribution in [0.1, 0.15) is 44.3 Å². The minimum absolute atomic E-state index is 0.0758. The number of halogens is 2. The lowest BCUT2D eigenvalue weighted by molar-refractivity contribution is -0.139. The van der Waals surface area contributed by atoms with Crippen molar-refractivity contribution in [1.29, 1.82) is 0 Å². The zero-order valence-corrected chi connectivity index (χ0v) is 21.4. The predicted octanol–water partition coefficient (Wildman–Crippen LogP) is 4.55. The fourth-order valence-corrected chi connectivity index (χ4v) is 4.95. The van der Waals surface area contributed by atoms with Crippen LogP contribution in [0.25, 0.3) is 0 Å². The minimum atomic E-state index is -0.730. The van der Waals surface area contributed by atoms with E-state index in [1.165, 1.54) is 30.4 Å². The highest BCUT2D eigenvalue weighted by atomic mass is 79.9. The molecule has 1 saturated heterocycles. The highest BCUT2D eigenvalue weighted by Gasteiger charge is 2.40. The number of amidine groups is 1. The third-order valence-corrected chi connectivity index (χ3v) is 6.63. The van der Waals surface area contributed by atoms with Crippen LogP contribution in [-0.2, 0) is 14.3 Å². The fraction of sp³-hybridized carbons (Fsp3) is 0.391. The van der Waals surface area contributed by atoms with Gasteiger partial charge in [0.2, 0.25) is 5.91 Å². The largest absolute Gasteiger partial charge is 0.463 e. The summed E-state index contributed by atoms with van der Waals surface area (Å²) in [5, 5.41) is 2.57. The number of fused-ring (bicyclic) bond motifs is 1. The number of esters is 1. The van der Waals surface area contributed by atoms with Gasteiger partial charge in [0.25, 0.3) is 0 Å². The molecule has 2 aliphatic heterocycles. The van der Waals surface area contributed by atoms with Gasteiger partial charge in [0.1, 0.15) is 11.9 Å². The lowest BCUT2D eigenvalue weighted by Gasteiger charge is -2.42. The standard InChI is InChI=1S/C21H20BrFN4O3S.C2H6/c1-3-30-21(29)17-16-11-26(12(2)28)7-8-27(16)19(20-24-6-9-31-20)25-18(17)14-5-4-13(23)10-15(14)22;1-2/h4-6,9-10,18H,3,7-8,11H2,1-2H3;1-2H3. The van der Waals surface area contributed by atoms with Crippen molar-refractivity contribution >= 4 is 45.0 Å². The second kappa shape index (κ2) is 11.0. The third kappa shape index (κ3) is 5.16. The number of benzene rings is 1. The van der Waals surface area contributed by atoms with Crippen molar-refractivity contribution in [2.45, 2.75) is 33.7 Å². The van der Waals surface area contributed by atoms with E-state index in [2.05, 4.69) is 20.9 Å². The highest BCUT2D eigenvalue weighted by Crippen LogP contribution is 2.40. The summed E-state index contributed by atoms with van der Waals surface area (Å²) in [5.74, 6) is -0.352. The summed E-state index contributed by atoms with van der Waals surface area (Å²) in [5.41, 5.74) is 1.63. The number of rotatable bonds is 4. The monoisotopic (exact) mass is 536 g/mol. The summed E-state index contributed by atoms with van der Waals surface area (Å²) in [6, 6.07) is 3.55. The molecule has 0 radical (unpaired) electrons. The number of nitrogens with zero attached hydrogens (tertiary/aromatic N) is 4. The van der Waals surface area contributed by atoms with Gasteiger partial charge in [0.15, 0.2) is 10.8 Å². The molecule has 3 heterocycles. The molecular formula is C23H26BrFN4O3S. The molecule has 0 bridgehead atoms. The molecule has 7 nitrogen and oxygen atoms in total.